The van der Waals surface area contributed by atoms with E-state index in [1.54, 1.807) is 13.8 Å². The van der Waals surface area contributed by atoms with Crippen LogP contribution in [0.15, 0.2) is 9.59 Å². The van der Waals surface area contributed by atoms with Crippen LogP contribution in [-0.2, 0) is 6.54 Å². The summed E-state index contributed by atoms with van der Waals surface area (Å²) in [4.78, 5) is 22.9. The lowest BCUT2D eigenvalue weighted by molar-refractivity contribution is 0.541. The molecule has 0 aromatic carbocycles. The van der Waals surface area contributed by atoms with E-state index in [0.29, 0.717) is 30.6 Å². The van der Waals surface area contributed by atoms with E-state index in [-0.39, 0.29) is 11.1 Å². The van der Waals surface area contributed by atoms with Crippen molar-refractivity contribution in [2.75, 3.05) is 6.54 Å². The van der Waals surface area contributed by atoms with Crippen molar-refractivity contribution in [3.8, 4) is 0 Å². The minimum absolute atomic E-state index is 0.143. The Morgan fingerprint density at radius 1 is 1.29 bits per heavy atom. The van der Waals surface area contributed by atoms with Gasteiger partial charge in [-0.15, -0.1) is 0 Å². The van der Waals surface area contributed by atoms with Gasteiger partial charge in [0.15, 0.2) is 0 Å². The summed E-state index contributed by atoms with van der Waals surface area (Å²) in [5.74, 6) is 0. The van der Waals surface area contributed by atoms with Crippen molar-refractivity contribution in [3.05, 3.63) is 31.8 Å². The van der Waals surface area contributed by atoms with E-state index in [1.807, 2.05) is 0 Å². The largest absolute Gasteiger partial charge is 0.330 e. The molecule has 78 valence electrons. The highest BCUT2D eigenvalue weighted by molar-refractivity contribution is 5.17. The predicted octanol–water partition coefficient (Wildman–Crippen LogP) is -0.498. The van der Waals surface area contributed by atoms with Gasteiger partial charge in [-0.3, -0.25) is 14.7 Å². The molecule has 1 aromatic heterocycles. The van der Waals surface area contributed by atoms with Crippen LogP contribution in [0.25, 0.3) is 0 Å². The maximum absolute atomic E-state index is 11.6. The van der Waals surface area contributed by atoms with Gasteiger partial charge in [0.25, 0.3) is 11.1 Å². The van der Waals surface area contributed by atoms with E-state index < -0.39 is 0 Å². The Bertz CT molecular complexity index is 431. The summed E-state index contributed by atoms with van der Waals surface area (Å²) >= 11 is 0. The summed E-state index contributed by atoms with van der Waals surface area (Å²) in [5.41, 5.74) is 5.96. The third-order valence-electron chi connectivity index (χ3n) is 2.29. The molecule has 0 aliphatic carbocycles. The van der Waals surface area contributed by atoms with Gasteiger partial charge in [0.2, 0.25) is 0 Å². The lowest BCUT2D eigenvalue weighted by Gasteiger charge is -2.06. The minimum atomic E-state index is -0.209. The van der Waals surface area contributed by atoms with Crippen LogP contribution in [0.2, 0.25) is 0 Å². The maximum Gasteiger partial charge on any atom is 0.268 e. The van der Waals surface area contributed by atoms with Crippen molar-refractivity contribution in [1.82, 2.24) is 9.78 Å². The number of H-pyrrole nitrogens is 1. The molecule has 1 rings (SSSR count). The predicted molar refractivity (Wildman–Crippen MR) is 54.5 cm³/mol. The van der Waals surface area contributed by atoms with Crippen LogP contribution in [0, 0.1) is 13.8 Å². The molecule has 5 heteroatoms. The normalized spacial score (nSPS) is 10.5. The number of nitrogens with zero attached hydrogens (tertiary/aromatic N) is 1. The second-order valence-corrected chi connectivity index (χ2v) is 3.29. The van der Waals surface area contributed by atoms with Gasteiger partial charge in [-0.2, -0.15) is 0 Å². The topological polar surface area (TPSA) is 80.9 Å². The average Bonchev–Trinajstić information content (AvgIpc) is 2.18. The SMILES string of the molecule is Cc1c(C)c(=O)n(CCCN)[nH]c1=O. The second-order valence-electron chi connectivity index (χ2n) is 3.29. The Morgan fingerprint density at radius 3 is 2.50 bits per heavy atom. The number of hydrogen-bond donors (Lipinski definition) is 2. The summed E-state index contributed by atoms with van der Waals surface area (Å²) in [6.07, 6.45) is 0.679. The molecule has 0 radical (unpaired) electrons. The van der Waals surface area contributed by atoms with Crippen LogP contribution in [0.3, 0.4) is 0 Å². The average molecular weight is 197 g/mol. The van der Waals surface area contributed by atoms with Crippen molar-refractivity contribution in [3.63, 3.8) is 0 Å². The fraction of sp³-hybridized carbons (Fsp3) is 0.556. The molecule has 5 nitrogen and oxygen atoms in total. The standard InChI is InChI=1S/C9H15N3O2/c1-6-7(2)9(14)12(5-3-4-10)11-8(6)13/h3-5,10H2,1-2H3,(H,11,13). The van der Waals surface area contributed by atoms with Gasteiger partial charge in [-0.1, -0.05) is 0 Å². The first kappa shape index (κ1) is 10.7. The van der Waals surface area contributed by atoms with E-state index in [2.05, 4.69) is 5.10 Å². The van der Waals surface area contributed by atoms with Crippen LogP contribution in [0.4, 0.5) is 0 Å². The zero-order chi connectivity index (χ0) is 10.7. The number of rotatable bonds is 3. The van der Waals surface area contributed by atoms with Crippen molar-refractivity contribution in [1.29, 1.82) is 0 Å². The van der Waals surface area contributed by atoms with Gasteiger partial charge in [0, 0.05) is 17.7 Å². The van der Waals surface area contributed by atoms with Crippen LogP contribution in [-0.4, -0.2) is 16.3 Å². The molecule has 0 spiro atoms. The molecule has 0 fully saturated rings. The molecule has 3 N–H and O–H groups in total. The summed E-state index contributed by atoms with van der Waals surface area (Å²) in [5, 5.41) is 2.51. The molecule has 0 amide bonds. The molecule has 0 saturated heterocycles. The van der Waals surface area contributed by atoms with E-state index in [4.69, 9.17) is 5.73 Å². The second kappa shape index (κ2) is 4.23. The van der Waals surface area contributed by atoms with Crippen molar-refractivity contribution in [2.45, 2.75) is 26.8 Å². The Labute approximate surface area is 81.5 Å². The highest BCUT2D eigenvalue weighted by atomic mass is 16.2. The number of nitrogens with one attached hydrogen (secondary N) is 1. The highest BCUT2D eigenvalue weighted by Crippen LogP contribution is 1.91. The van der Waals surface area contributed by atoms with Gasteiger partial charge >= 0.3 is 0 Å². The van der Waals surface area contributed by atoms with Gasteiger partial charge in [-0.25, -0.2) is 4.68 Å². The molecular formula is C9H15N3O2. The van der Waals surface area contributed by atoms with E-state index in [0.717, 1.165) is 0 Å². The number of aromatic amines is 1. The smallest absolute Gasteiger partial charge is 0.268 e. The molecule has 0 aliphatic rings. The first-order valence-corrected chi connectivity index (χ1v) is 4.58. The number of nitrogens with two attached hydrogens (primary N) is 1. The third kappa shape index (κ3) is 1.93. The lowest BCUT2D eigenvalue weighted by Crippen LogP contribution is -2.33. The zero-order valence-corrected chi connectivity index (χ0v) is 8.46. The molecular weight excluding hydrogens is 182 g/mol. The monoisotopic (exact) mass is 197 g/mol. The van der Waals surface area contributed by atoms with Crippen LogP contribution in [0.1, 0.15) is 17.5 Å². The Balaban J connectivity index is 3.20. The van der Waals surface area contributed by atoms with Gasteiger partial charge in [0.05, 0.1) is 0 Å². The number of hydrogen-bond acceptors (Lipinski definition) is 3. The third-order valence-corrected chi connectivity index (χ3v) is 2.29. The number of aromatic nitrogens is 2. The van der Waals surface area contributed by atoms with Gasteiger partial charge < -0.3 is 5.73 Å². The molecule has 1 heterocycles. The van der Waals surface area contributed by atoms with Crippen molar-refractivity contribution in [2.24, 2.45) is 5.73 Å². The molecule has 0 saturated carbocycles. The maximum atomic E-state index is 11.6. The molecule has 0 bridgehead atoms. The molecule has 0 unspecified atom stereocenters. The van der Waals surface area contributed by atoms with Crippen molar-refractivity contribution >= 4 is 0 Å². The molecule has 1 aromatic rings. The summed E-state index contributed by atoms with van der Waals surface area (Å²) in [6.45, 7) is 4.27. The molecule has 0 atom stereocenters. The first-order chi connectivity index (χ1) is 6.57. The summed E-state index contributed by atoms with van der Waals surface area (Å²) in [7, 11) is 0. The van der Waals surface area contributed by atoms with Crippen LogP contribution < -0.4 is 16.9 Å². The lowest BCUT2D eigenvalue weighted by atomic mass is 10.2. The van der Waals surface area contributed by atoms with E-state index in [9.17, 15) is 9.59 Å². The molecule has 0 aliphatic heterocycles. The van der Waals surface area contributed by atoms with Crippen LogP contribution in [0.5, 0.6) is 0 Å². The molecule has 14 heavy (non-hydrogen) atoms. The van der Waals surface area contributed by atoms with E-state index >= 15 is 0 Å². The quantitative estimate of drug-likeness (QED) is 0.685. The fourth-order valence-electron chi connectivity index (χ4n) is 1.20. The Kier molecular flexibility index (Phi) is 3.24. The van der Waals surface area contributed by atoms with E-state index in [1.165, 1.54) is 4.68 Å². The first-order valence-electron chi connectivity index (χ1n) is 4.58. The number of aryl methyl sites for hydroxylation is 1. The van der Waals surface area contributed by atoms with Crippen molar-refractivity contribution < 1.29 is 0 Å². The highest BCUT2D eigenvalue weighted by Gasteiger charge is 2.05. The summed E-state index contributed by atoms with van der Waals surface area (Å²) in [6, 6.07) is 0. The van der Waals surface area contributed by atoms with Gasteiger partial charge in [0.1, 0.15) is 0 Å². The zero-order valence-electron chi connectivity index (χ0n) is 8.46. The minimum Gasteiger partial charge on any atom is -0.330 e. The van der Waals surface area contributed by atoms with Gasteiger partial charge in [-0.05, 0) is 26.8 Å². The summed E-state index contributed by atoms with van der Waals surface area (Å²) < 4.78 is 1.32. The Morgan fingerprint density at radius 2 is 1.93 bits per heavy atom. The fourth-order valence-corrected chi connectivity index (χ4v) is 1.20. The Hall–Kier alpha value is -1.36. The van der Waals surface area contributed by atoms with Crippen LogP contribution >= 0.6 is 0 Å².